The molecular weight excluding hydrogens is 303 g/mol. The van der Waals surface area contributed by atoms with Gasteiger partial charge in [-0.3, -0.25) is 0 Å². The van der Waals surface area contributed by atoms with Crippen LogP contribution in [0.3, 0.4) is 0 Å². The Balaban J connectivity index is 3.00. The van der Waals surface area contributed by atoms with Gasteiger partial charge in [0.05, 0.1) is 11.4 Å². The Hall–Kier alpha value is 0.460. The number of hydrogen-bond donors (Lipinski definition) is 1. The highest BCUT2D eigenvalue weighted by atomic mass is 79.9. The zero-order valence-electron chi connectivity index (χ0n) is 8.56. The minimum atomic E-state index is -1.33. The molecule has 0 amide bonds. The summed E-state index contributed by atoms with van der Waals surface area (Å²) in [5.74, 6) is -1.33. The van der Waals surface area contributed by atoms with Gasteiger partial charge in [-0.25, -0.2) is 0 Å². The van der Waals surface area contributed by atoms with E-state index in [9.17, 15) is 5.11 Å². The Morgan fingerprint density at radius 2 is 2.40 bits per heavy atom. The number of aliphatic hydroxyl groups is 1. The van der Waals surface area contributed by atoms with Crippen LogP contribution in [0.5, 0.6) is 0 Å². The van der Waals surface area contributed by atoms with Crippen molar-refractivity contribution in [3.8, 4) is 0 Å². The Labute approximate surface area is 108 Å². The number of halogens is 3. The van der Waals surface area contributed by atoms with Gasteiger partial charge in [0.2, 0.25) is 0 Å². The van der Waals surface area contributed by atoms with Crippen molar-refractivity contribution in [1.82, 2.24) is 0 Å². The van der Waals surface area contributed by atoms with Gasteiger partial charge in [-0.1, -0.05) is 39.1 Å². The molecule has 1 N–H and O–H groups in total. The summed E-state index contributed by atoms with van der Waals surface area (Å²) >= 11 is 14.9. The second kappa shape index (κ2) is 5.19. The topological polar surface area (TPSA) is 29.5 Å². The van der Waals surface area contributed by atoms with Gasteiger partial charge in [-0.15, -0.1) is 0 Å². The molecule has 1 heterocycles. The fraction of sp³-hybridized carbons (Fsp3) is 0.600. The summed E-state index contributed by atoms with van der Waals surface area (Å²) in [4.78, 5) is 0. The van der Waals surface area contributed by atoms with Crippen molar-refractivity contribution in [1.29, 1.82) is 0 Å². The second-order valence-corrected chi connectivity index (χ2v) is 4.85. The molecule has 5 heteroatoms. The standard InChI is InChI=1S/C10H13BrCl2O2/c1-6(4-12)9-3-8(13)7(2)10(14,5-11)15-9/h4,9,14H,3,5H2,1-2H3/b6-4+. The molecule has 15 heavy (non-hydrogen) atoms. The van der Waals surface area contributed by atoms with Gasteiger partial charge >= 0.3 is 0 Å². The number of rotatable bonds is 2. The van der Waals surface area contributed by atoms with Crippen molar-refractivity contribution in [2.45, 2.75) is 32.2 Å². The number of alkyl halides is 1. The molecule has 0 bridgehead atoms. The predicted molar refractivity (Wildman–Crippen MR) is 66.4 cm³/mol. The first kappa shape index (κ1) is 13.5. The Morgan fingerprint density at radius 1 is 1.80 bits per heavy atom. The fourth-order valence-corrected chi connectivity index (χ4v) is 2.33. The number of hydrogen-bond acceptors (Lipinski definition) is 2. The van der Waals surface area contributed by atoms with Gasteiger partial charge in [-0.05, 0) is 19.4 Å². The zero-order chi connectivity index (χ0) is 11.6. The number of ether oxygens (including phenoxy) is 1. The lowest BCUT2D eigenvalue weighted by Crippen LogP contribution is -2.43. The molecule has 1 aliphatic rings. The van der Waals surface area contributed by atoms with E-state index in [0.29, 0.717) is 17.0 Å². The molecule has 2 nitrogen and oxygen atoms in total. The maximum Gasteiger partial charge on any atom is 0.199 e. The molecule has 1 aliphatic heterocycles. The van der Waals surface area contributed by atoms with Crippen molar-refractivity contribution >= 4 is 39.1 Å². The summed E-state index contributed by atoms with van der Waals surface area (Å²) in [5.41, 5.74) is 2.95. The molecule has 0 saturated heterocycles. The molecular formula is C10H13BrCl2O2. The summed E-state index contributed by atoms with van der Waals surface area (Å²) in [5, 5.41) is 11.1. The van der Waals surface area contributed by atoms with Crippen molar-refractivity contribution in [2.24, 2.45) is 0 Å². The van der Waals surface area contributed by atoms with Gasteiger partial charge in [0.15, 0.2) is 5.79 Å². The third-order valence-electron chi connectivity index (χ3n) is 2.56. The average Bonchev–Trinajstić information content (AvgIpc) is 2.24. The lowest BCUT2D eigenvalue weighted by atomic mass is 9.99. The van der Waals surface area contributed by atoms with Crippen LogP contribution in [-0.4, -0.2) is 22.3 Å². The smallest absolute Gasteiger partial charge is 0.199 e. The highest BCUT2D eigenvalue weighted by Gasteiger charge is 2.38. The minimum Gasteiger partial charge on any atom is -0.361 e. The molecule has 0 fully saturated rings. The van der Waals surface area contributed by atoms with E-state index in [1.165, 1.54) is 5.54 Å². The Kier molecular flexibility index (Phi) is 4.68. The third-order valence-corrected chi connectivity index (χ3v) is 4.10. The van der Waals surface area contributed by atoms with Crippen LogP contribution in [0.2, 0.25) is 0 Å². The van der Waals surface area contributed by atoms with E-state index in [0.717, 1.165) is 5.57 Å². The largest absolute Gasteiger partial charge is 0.361 e. The highest BCUT2D eigenvalue weighted by molar-refractivity contribution is 9.09. The predicted octanol–water partition coefficient (Wildman–Crippen LogP) is 3.51. The van der Waals surface area contributed by atoms with Crippen molar-refractivity contribution in [2.75, 3.05) is 5.33 Å². The van der Waals surface area contributed by atoms with Crippen molar-refractivity contribution < 1.29 is 9.84 Å². The summed E-state index contributed by atoms with van der Waals surface area (Å²) in [6, 6.07) is 0. The zero-order valence-corrected chi connectivity index (χ0v) is 11.7. The highest BCUT2D eigenvalue weighted by Crippen LogP contribution is 2.37. The molecule has 0 radical (unpaired) electrons. The SMILES string of the molecule is CC1=C(Cl)CC(/C(C)=C/Cl)OC1(O)CBr. The summed E-state index contributed by atoms with van der Waals surface area (Å²) in [6.07, 6.45) is 0.291. The summed E-state index contributed by atoms with van der Waals surface area (Å²) in [6.45, 7) is 3.61. The third kappa shape index (κ3) is 2.77. The van der Waals surface area contributed by atoms with Crippen LogP contribution in [0.4, 0.5) is 0 Å². The molecule has 2 atom stereocenters. The van der Waals surface area contributed by atoms with Crippen LogP contribution < -0.4 is 0 Å². The summed E-state index contributed by atoms with van der Waals surface area (Å²) < 4.78 is 5.57. The maximum absolute atomic E-state index is 10.2. The molecule has 0 aromatic rings. The van der Waals surface area contributed by atoms with Gasteiger partial charge in [0.25, 0.3) is 0 Å². The van der Waals surface area contributed by atoms with E-state index >= 15 is 0 Å². The molecule has 0 aromatic carbocycles. The van der Waals surface area contributed by atoms with Gasteiger partial charge in [0.1, 0.15) is 0 Å². The van der Waals surface area contributed by atoms with E-state index in [1.807, 2.05) is 6.92 Å². The van der Waals surface area contributed by atoms with Gasteiger partial charge in [-0.2, -0.15) is 0 Å². The maximum atomic E-state index is 10.2. The fourth-order valence-electron chi connectivity index (χ4n) is 1.35. The van der Waals surface area contributed by atoms with Crippen molar-refractivity contribution in [3.05, 3.63) is 21.7 Å². The first-order valence-corrected chi connectivity index (χ1v) is 6.47. The normalized spacial score (nSPS) is 33.5. The van der Waals surface area contributed by atoms with Crippen LogP contribution in [0, 0.1) is 0 Å². The van der Waals surface area contributed by atoms with Crippen LogP contribution in [0.15, 0.2) is 21.7 Å². The molecule has 0 aliphatic carbocycles. The Morgan fingerprint density at radius 3 is 2.87 bits per heavy atom. The summed E-state index contributed by atoms with van der Waals surface area (Å²) in [7, 11) is 0. The van der Waals surface area contributed by atoms with E-state index in [1.54, 1.807) is 6.92 Å². The van der Waals surface area contributed by atoms with Crippen LogP contribution in [0.25, 0.3) is 0 Å². The second-order valence-electron chi connectivity index (χ2n) is 3.61. The van der Waals surface area contributed by atoms with Crippen LogP contribution in [-0.2, 0) is 4.74 Å². The molecule has 86 valence electrons. The van der Waals surface area contributed by atoms with E-state index < -0.39 is 5.79 Å². The van der Waals surface area contributed by atoms with E-state index in [4.69, 9.17) is 27.9 Å². The molecule has 0 aromatic heterocycles. The molecule has 1 rings (SSSR count). The van der Waals surface area contributed by atoms with Crippen LogP contribution >= 0.6 is 39.1 Å². The van der Waals surface area contributed by atoms with Crippen molar-refractivity contribution in [3.63, 3.8) is 0 Å². The lowest BCUT2D eigenvalue weighted by Gasteiger charge is -2.37. The van der Waals surface area contributed by atoms with Crippen LogP contribution in [0.1, 0.15) is 20.3 Å². The first-order valence-electron chi connectivity index (χ1n) is 4.53. The van der Waals surface area contributed by atoms with E-state index in [2.05, 4.69) is 15.9 Å². The minimum absolute atomic E-state index is 0.263. The van der Waals surface area contributed by atoms with Gasteiger partial charge in [0, 0.05) is 22.6 Å². The quantitative estimate of drug-likeness (QED) is 0.790. The molecule has 2 unspecified atom stereocenters. The lowest BCUT2D eigenvalue weighted by molar-refractivity contribution is -0.185. The first-order chi connectivity index (χ1) is 6.94. The molecule has 0 saturated carbocycles. The molecule has 0 spiro atoms. The van der Waals surface area contributed by atoms with Gasteiger partial charge < -0.3 is 9.84 Å². The average molecular weight is 316 g/mol. The Bertz CT molecular complexity index is 315. The monoisotopic (exact) mass is 314 g/mol. The van der Waals surface area contributed by atoms with E-state index in [-0.39, 0.29) is 11.4 Å².